The minimum Gasteiger partial charge on any atom is -0.325 e. The molecule has 0 unspecified atom stereocenters. The van der Waals surface area contributed by atoms with E-state index >= 15 is 0 Å². The number of hydrogen-bond donors (Lipinski definition) is 0. The second kappa shape index (κ2) is 5.49. The van der Waals surface area contributed by atoms with Crippen LogP contribution >= 0.6 is 11.6 Å². The summed E-state index contributed by atoms with van der Waals surface area (Å²) in [6, 6.07) is 5.31. The standard InChI is InChI=1S/C15H18ClFN2/c16-9-8-15-18-13-7-6-11(17)10-14(13)19(15)12-4-2-1-3-5-12/h6-7,10,12H,1-5,8-9H2. The van der Waals surface area contributed by atoms with Gasteiger partial charge in [0.1, 0.15) is 11.6 Å². The van der Waals surface area contributed by atoms with Crippen LogP contribution in [-0.4, -0.2) is 15.4 Å². The van der Waals surface area contributed by atoms with Gasteiger partial charge in [0.25, 0.3) is 0 Å². The molecule has 19 heavy (non-hydrogen) atoms. The van der Waals surface area contributed by atoms with Crippen molar-refractivity contribution in [2.45, 2.75) is 44.6 Å². The number of aromatic nitrogens is 2. The van der Waals surface area contributed by atoms with E-state index in [0.717, 1.165) is 36.1 Å². The first-order valence-electron chi connectivity index (χ1n) is 7.02. The summed E-state index contributed by atoms with van der Waals surface area (Å²) < 4.78 is 15.7. The molecule has 0 aliphatic heterocycles. The van der Waals surface area contributed by atoms with E-state index in [2.05, 4.69) is 9.55 Å². The number of benzene rings is 1. The number of hydrogen-bond acceptors (Lipinski definition) is 1. The molecule has 2 nitrogen and oxygen atoms in total. The Balaban J connectivity index is 2.11. The van der Waals surface area contributed by atoms with Crippen LogP contribution in [0.1, 0.15) is 44.0 Å². The molecule has 0 radical (unpaired) electrons. The van der Waals surface area contributed by atoms with Crippen molar-refractivity contribution in [1.29, 1.82) is 0 Å². The largest absolute Gasteiger partial charge is 0.325 e. The summed E-state index contributed by atoms with van der Waals surface area (Å²) in [7, 11) is 0. The first kappa shape index (κ1) is 12.9. The number of imidazole rings is 1. The zero-order chi connectivity index (χ0) is 13.2. The molecule has 1 aromatic carbocycles. The lowest BCUT2D eigenvalue weighted by Crippen LogP contribution is -2.15. The molecule has 2 aromatic rings. The topological polar surface area (TPSA) is 17.8 Å². The van der Waals surface area contributed by atoms with Crippen molar-refractivity contribution in [3.8, 4) is 0 Å². The first-order valence-corrected chi connectivity index (χ1v) is 7.55. The Morgan fingerprint density at radius 2 is 2.05 bits per heavy atom. The molecular formula is C15H18ClFN2. The highest BCUT2D eigenvalue weighted by Gasteiger charge is 2.21. The molecule has 102 valence electrons. The van der Waals surface area contributed by atoms with Crippen molar-refractivity contribution in [3.63, 3.8) is 0 Å². The van der Waals surface area contributed by atoms with Crippen LogP contribution in [0.2, 0.25) is 0 Å². The molecule has 1 aliphatic rings. The van der Waals surface area contributed by atoms with Crippen LogP contribution in [0, 0.1) is 5.82 Å². The summed E-state index contributed by atoms with van der Waals surface area (Å²) in [6.45, 7) is 0. The van der Waals surface area contributed by atoms with E-state index in [1.54, 1.807) is 12.1 Å². The van der Waals surface area contributed by atoms with Crippen LogP contribution < -0.4 is 0 Å². The van der Waals surface area contributed by atoms with Crippen molar-refractivity contribution in [2.75, 3.05) is 5.88 Å². The van der Waals surface area contributed by atoms with Crippen LogP contribution in [0.4, 0.5) is 4.39 Å². The van der Waals surface area contributed by atoms with Gasteiger partial charge in [-0.05, 0) is 31.0 Å². The van der Waals surface area contributed by atoms with Gasteiger partial charge in [-0.3, -0.25) is 0 Å². The minimum atomic E-state index is -0.193. The highest BCUT2D eigenvalue weighted by Crippen LogP contribution is 2.32. The number of rotatable bonds is 3. The maximum absolute atomic E-state index is 13.5. The van der Waals surface area contributed by atoms with Gasteiger partial charge in [0.05, 0.1) is 11.0 Å². The van der Waals surface area contributed by atoms with E-state index in [-0.39, 0.29) is 5.82 Å². The fourth-order valence-electron chi connectivity index (χ4n) is 3.12. The van der Waals surface area contributed by atoms with Gasteiger partial charge < -0.3 is 4.57 Å². The number of nitrogens with zero attached hydrogens (tertiary/aromatic N) is 2. The van der Waals surface area contributed by atoms with Gasteiger partial charge in [-0.25, -0.2) is 9.37 Å². The van der Waals surface area contributed by atoms with Crippen molar-refractivity contribution >= 4 is 22.6 Å². The van der Waals surface area contributed by atoms with Gasteiger partial charge in [-0.1, -0.05) is 19.3 Å². The second-order valence-electron chi connectivity index (χ2n) is 5.26. The van der Waals surface area contributed by atoms with Crippen LogP contribution in [0.3, 0.4) is 0 Å². The summed E-state index contributed by atoms with van der Waals surface area (Å²) in [5, 5.41) is 0. The van der Waals surface area contributed by atoms with Crippen molar-refractivity contribution in [1.82, 2.24) is 9.55 Å². The number of halogens is 2. The Kier molecular flexibility index (Phi) is 3.74. The molecule has 1 fully saturated rings. The zero-order valence-electron chi connectivity index (χ0n) is 10.9. The lowest BCUT2D eigenvalue weighted by molar-refractivity contribution is 0.353. The molecule has 4 heteroatoms. The van der Waals surface area contributed by atoms with Gasteiger partial charge in [0.15, 0.2) is 0 Å². The highest BCUT2D eigenvalue weighted by atomic mass is 35.5. The number of alkyl halides is 1. The molecule has 1 saturated carbocycles. The van der Waals surface area contributed by atoms with Crippen LogP contribution in [0.15, 0.2) is 18.2 Å². The van der Waals surface area contributed by atoms with Gasteiger partial charge in [-0.15, -0.1) is 11.6 Å². The molecule has 0 atom stereocenters. The monoisotopic (exact) mass is 280 g/mol. The van der Waals surface area contributed by atoms with Crippen LogP contribution in [-0.2, 0) is 6.42 Å². The van der Waals surface area contributed by atoms with Gasteiger partial charge >= 0.3 is 0 Å². The van der Waals surface area contributed by atoms with E-state index in [0.29, 0.717) is 11.9 Å². The predicted molar refractivity (Wildman–Crippen MR) is 76.2 cm³/mol. The van der Waals surface area contributed by atoms with E-state index in [9.17, 15) is 4.39 Å². The van der Waals surface area contributed by atoms with Gasteiger partial charge in [-0.2, -0.15) is 0 Å². The average molecular weight is 281 g/mol. The lowest BCUT2D eigenvalue weighted by atomic mass is 9.95. The summed E-state index contributed by atoms with van der Waals surface area (Å²) in [5.74, 6) is 1.36. The van der Waals surface area contributed by atoms with Crippen molar-refractivity contribution in [3.05, 3.63) is 29.8 Å². The first-order chi connectivity index (χ1) is 9.29. The van der Waals surface area contributed by atoms with E-state index < -0.39 is 0 Å². The quantitative estimate of drug-likeness (QED) is 0.759. The molecule has 1 heterocycles. The van der Waals surface area contributed by atoms with Crippen molar-refractivity contribution < 1.29 is 4.39 Å². The van der Waals surface area contributed by atoms with E-state index in [1.807, 2.05) is 0 Å². The Labute approximate surface area is 117 Å². The summed E-state index contributed by atoms with van der Waals surface area (Å²) in [6.07, 6.45) is 6.88. The Hall–Kier alpha value is -1.09. The fraction of sp³-hybridized carbons (Fsp3) is 0.533. The van der Waals surface area contributed by atoms with Crippen LogP contribution in [0.5, 0.6) is 0 Å². The Bertz CT molecular complexity index is 573. The SMILES string of the molecule is Fc1ccc2nc(CCCl)n(C3CCCCC3)c2c1. The molecule has 1 aliphatic carbocycles. The molecular weight excluding hydrogens is 263 g/mol. The van der Waals surface area contributed by atoms with Crippen LogP contribution in [0.25, 0.3) is 11.0 Å². The van der Waals surface area contributed by atoms with E-state index in [4.69, 9.17) is 11.6 Å². The number of fused-ring (bicyclic) bond motifs is 1. The maximum atomic E-state index is 13.5. The average Bonchev–Trinajstić information content (AvgIpc) is 2.77. The minimum absolute atomic E-state index is 0.193. The smallest absolute Gasteiger partial charge is 0.125 e. The second-order valence-corrected chi connectivity index (χ2v) is 5.64. The van der Waals surface area contributed by atoms with Gasteiger partial charge in [0.2, 0.25) is 0 Å². The third-order valence-corrected chi connectivity index (χ3v) is 4.17. The molecule has 0 spiro atoms. The molecule has 1 aromatic heterocycles. The normalized spacial score (nSPS) is 17.2. The lowest BCUT2D eigenvalue weighted by Gasteiger charge is -2.25. The zero-order valence-corrected chi connectivity index (χ0v) is 11.7. The summed E-state index contributed by atoms with van der Waals surface area (Å²) in [4.78, 5) is 4.63. The molecule has 0 N–H and O–H groups in total. The van der Waals surface area contributed by atoms with E-state index in [1.165, 1.54) is 25.3 Å². The predicted octanol–water partition coefficient (Wildman–Crippen LogP) is 4.46. The summed E-state index contributed by atoms with van der Waals surface area (Å²) in [5.41, 5.74) is 1.80. The fourth-order valence-corrected chi connectivity index (χ4v) is 3.29. The third kappa shape index (κ3) is 2.48. The highest BCUT2D eigenvalue weighted by molar-refractivity contribution is 6.17. The summed E-state index contributed by atoms with van der Waals surface area (Å²) >= 11 is 5.88. The Morgan fingerprint density at radius 3 is 2.79 bits per heavy atom. The maximum Gasteiger partial charge on any atom is 0.125 e. The van der Waals surface area contributed by atoms with Gasteiger partial charge in [0, 0.05) is 18.3 Å². The Morgan fingerprint density at radius 1 is 1.26 bits per heavy atom. The number of aryl methyl sites for hydroxylation is 1. The molecule has 0 bridgehead atoms. The molecule has 0 amide bonds. The van der Waals surface area contributed by atoms with Crippen molar-refractivity contribution in [2.24, 2.45) is 0 Å². The third-order valence-electron chi connectivity index (χ3n) is 3.98. The molecule has 3 rings (SSSR count). The molecule has 0 saturated heterocycles.